The van der Waals surface area contributed by atoms with Crippen LogP contribution in [0.5, 0.6) is 0 Å². The molecule has 0 fully saturated rings. The Balaban J connectivity index is 2.48. The van der Waals surface area contributed by atoms with Crippen molar-refractivity contribution in [2.45, 2.75) is 5.33 Å². The van der Waals surface area contributed by atoms with E-state index in [4.69, 9.17) is 0 Å². The molecule has 0 unspecified atom stereocenters. The number of rotatable bonds is 2. The first-order valence-corrected chi connectivity index (χ1v) is 6.04. The van der Waals surface area contributed by atoms with Crippen molar-refractivity contribution in [2.24, 2.45) is 0 Å². The van der Waals surface area contributed by atoms with Gasteiger partial charge in [0.05, 0.1) is 0 Å². The van der Waals surface area contributed by atoms with Gasteiger partial charge in [-0.05, 0) is 11.4 Å². The zero-order chi connectivity index (χ0) is 9.97. The fourth-order valence-corrected chi connectivity index (χ4v) is 2.10. The van der Waals surface area contributed by atoms with Crippen LogP contribution in [0, 0.1) is 0 Å². The van der Waals surface area contributed by atoms with Gasteiger partial charge < -0.3 is 4.98 Å². The minimum Gasteiger partial charge on any atom is -0.306 e. The van der Waals surface area contributed by atoms with Crippen LogP contribution >= 0.6 is 27.3 Å². The van der Waals surface area contributed by atoms with E-state index in [1.165, 1.54) is 0 Å². The van der Waals surface area contributed by atoms with Crippen LogP contribution in [0.1, 0.15) is 5.56 Å². The molecule has 2 aromatic heterocycles. The molecule has 0 aromatic carbocycles. The van der Waals surface area contributed by atoms with E-state index >= 15 is 0 Å². The van der Waals surface area contributed by atoms with E-state index in [0.717, 1.165) is 5.56 Å². The molecule has 0 aliphatic carbocycles. The zero-order valence-corrected chi connectivity index (χ0v) is 9.56. The van der Waals surface area contributed by atoms with Crippen molar-refractivity contribution >= 4 is 27.3 Å². The summed E-state index contributed by atoms with van der Waals surface area (Å²) in [5.74, 6) is 0.626. The Kier molecular flexibility index (Phi) is 2.79. The molecule has 2 heterocycles. The lowest BCUT2D eigenvalue weighted by Crippen LogP contribution is -2.12. The Hall–Kier alpha value is -0.940. The van der Waals surface area contributed by atoms with Crippen LogP contribution in [0.15, 0.2) is 27.8 Å². The van der Waals surface area contributed by atoms with Gasteiger partial charge in [-0.15, -0.1) is 0 Å². The van der Waals surface area contributed by atoms with Crippen molar-refractivity contribution in [1.29, 1.82) is 0 Å². The number of nitrogens with zero attached hydrogens (tertiary/aromatic N) is 1. The first kappa shape index (κ1) is 9.61. The summed E-state index contributed by atoms with van der Waals surface area (Å²) in [7, 11) is 0. The topological polar surface area (TPSA) is 45.8 Å². The molecule has 2 aromatic rings. The summed E-state index contributed by atoms with van der Waals surface area (Å²) in [5, 5.41) is 4.43. The van der Waals surface area contributed by atoms with Crippen molar-refractivity contribution in [2.75, 3.05) is 0 Å². The van der Waals surface area contributed by atoms with E-state index in [0.29, 0.717) is 16.7 Å². The number of H-pyrrole nitrogens is 1. The number of halogens is 1. The van der Waals surface area contributed by atoms with E-state index in [1.54, 1.807) is 17.5 Å². The maximum atomic E-state index is 11.4. The lowest BCUT2D eigenvalue weighted by molar-refractivity contribution is 1.08. The normalized spacial score (nSPS) is 10.4. The number of hydrogen-bond donors (Lipinski definition) is 1. The van der Waals surface area contributed by atoms with Gasteiger partial charge in [-0.3, -0.25) is 4.79 Å². The lowest BCUT2D eigenvalue weighted by atomic mass is 10.3. The molecule has 0 radical (unpaired) electrons. The SMILES string of the molecule is O=c1[nH]c(-c2ccsc2)ncc1CBr. The Labute approximate surface area is 93.0 Å². The quantitative estimate of drug-likeness (QED) is 0.852. The van der Waals surface area contributed by atoms with Gasteiger partial charge in [0.15, 0.2) is 0 Å². The molecular formula is C9H7BrN2OS. The molecule has 0 saturated carbocycles. The predicted octanol–water partition coefficient (Wildman–Crippen LogP) is 2.39. The number of hydrogen-bond acceptors (Lipinski definition) is 3. The predicted molar refractivity (Wildman–Crippen MR) is 60.8 cm³/mol. The molecule has 0 aliphatic rings. The largest absolute Gasteiger partial charge is 0.306 e. The molecule has 0 aliphatic heterocycles. The number of nitrogens with one attached hydrogen (secondary N) is 1. The molecule has 0 saturated heterocycles. The van der Waals surface area contributed by atoms with E-state index in [1.807, 2.05) is 16.8 Å². The Morgan fingerprint density at radius 1 is 1.57 bits per heavy atom. The summed E-state index contributed by atoms with van der Waals surface area (Å²) in [6.07, 6.45) is 1.60. The lowest BCUT2D eigenvalue weighted by Gasteiger charge is -1.97. The van der Waals surface area contributed by atoms with Crippen LogP contribution in [0.2, 0.25) is 0 Å². The van der Waals surface area contributed by atoms with Crippen LogP contribution in [0.3, 0.4) is 0 Å². The molecule has 0 amide bonds. The molecule has 72 valence electrons. The molecule has 14 heavy (non-hydrogen) atoms. The molecule has 1 N–H and O–H groups in total. The Morgan fingerprint density at radius 3 is 3.00 bits per heavy atom. The van der Waals surface area contributed by atoms with E-state index in [9.17, 15) is 4.79 Å². The van der Waals surface area contributed by atoms with Gasteiger partial charge in [0.1, 0.15) is 5.82 Å². The molecule has 5 heteroatoms. The first-order chi connectivity index (χ1) is 6.81. The summed E-state index contributed by atoms with van der Waals surface area (Å²) >= 11 is 4.80. The van der Waals surface area contributed by atoms with Crippen LogP contribution < -0.4 is 5.56 Å². The van der Waals surface area contributed by atoms with Crippen molar-refractivity contribution in [3.8, 4) is 11.4 Å². The van der Waals surface area contributed by atoms with E-state index in [-0.39, 0.29) is 5.56 Å². The summed E-state index contributed by atoms with van der Waals surface area (Å²) in [5.41, 5.74) is 1.51. The Morgan fingerprint density at radius 2 is 2.43 bits per heavy atom. The summed E-state index contributed by atoms with van der Waals surface area (Å²) in [4.78, 5) is 18.4. The average Bonchev–Trinajstić information content (AvgIpc) is 2.70. The van der Waals surface area contributed by atoms with Gasteiger partial charge in [-0.1, -0.05) is 15.9 Å². The highest BCUT2D eigenvalue weighted by Gasteiger charge is 2.03. The van der Waals surface area contributed by atoms with Crippen molar-refractivity contribution < 1.29 is 0 Å². The first-order valence-electron chi connectivity index (χ1n) is 3.98. The van der Waals surface area contributed by atoms with Crippen LogP contribution in [-0.4, -0.2) is 9.97 Å². The second-order valence-electron chi connectivity index (χ2n) is 2.73. The number of aromatic amines is 1. The molecule has 3 nitrogen and oxygen atoms in total. The van der Waals surface area contributed by atoms with Crippen molar-refractivity contribution in [3.05, 3.63) is 38.9 Å². The average molecular weight is 271 g/mol. The maximum absolute atomic E-state index is 11.4. The third-order valence-corrected chi connectivity index (χ3v) is 3.10. The second-order valence-corrected chi connectivity index (χ2v) is 4.07. The number of aromatic nitrogens is 2. The highest BCUT2D eigenvalue weighted by Crippen LogP contribution is 2.16. The van der Waals surface area contributed by atoms with Crippen molar-refractivity contribution in [1.82, 2.24) is 9.97 Å². The monoisotopic (exact) mass is 270 g/mol. The van der Waals surface area contributed by atoms with Gasteiger partial charge >= 0.3 is 0 Å². The summed E-state index contributed by atoms with van der Waals surface area (Å²) < 4.78 is 0. The summed E-state index contributed by atoms with van der Waals surface area (Å²) in [6, 6.07) is 1.93. The third-order valence-electron chi connectivity index (χ3n) is 1.81. The fraction of sp³-hybridized carbons (Fsp3) is 0.111. The minimum atomic E-state index is -0.0851. The Bertz CT molecular complexity index is 478. The zero-order valence-electron chi connectivity index (χ0n) is 7.16. The summed E-state index contributed by atoms with van der Waals surface area (Å²) in [6.45, 7) is 0. The molecule has 0 spiro atoms. The van der Waals surface area contributed by atoms with E-state index < -0.39 is 0 Å². The maximum Gasteiger partial charge on any atom is 0.255 e. The van der Waals surface area contributed by atoms with Gasteiger partial charge in [-0.25, -0.2) is 4.98 Å². The molecule has 2 rings (SSSR count). The highest BCUT2D eigenvalue weighted by atomic mass is 79.9. The fourth-order valence-electron chi connectivity index (χ4n) is 1.06. The van der Waals surface area contributed by atoms with Crippen LogP contribution in [-0.2, 0) is 5.33 Å². The van der Waals surface area contributed by atoms with Gasteiger partial charge in [0, 0.05) is 28.0 Å². The number of alkyl halides is 1. The third kappa shape index (κ3) is 1.78. The van der Waals surface area contributed by atoms with Gasteiger partial charge in [0.2, 0.25) is 0 Å². The van der Waals surface area contributed by atoms with Crippen molar-refractivity contribution in [3.63, 3.8) is 0 Å². The highest BCUT2D eigenvalue weighted by molar-refractivity contribution is 9.08. The van der Waals surface area contributed by atoms with Crippen LogP contribution in [0.25, 0.3) is 11.4 Å². The molecule has 0 atom stereocenters. The van der Waals surface area contributed by atoms with E-state index in [2.05, 4.69) is 25.9 Å². The van der Waals surface area contributed by atoms with Crippen LogP contribution in [0.4, 0.5) is 0 Å². The van der Waals surface area contributed by atoms with Gasteiger partial charge in [0.25, 0.3) is 5.56 Å². The number of thiophene rings is 1. The van der Waals surface area contributed by atoms with Gasteiger partial charge in [-0.2, -0.15) is 11.3 Å². The smallest absolute Gasteiger partial charge is 0.255 e. The standard InChI is InChI=1S/C9H7BrN2OS/c10-3-7-4-11-8(12-9(7)13)6-1-2-14-5-6/h1-2,4-5H,3H2,(H,11,12,13). The molecule has 0 bridgehead atoms. The minimum absolute atomic E-state index is 0.0851. The molecular weight excluding hydrogens is 264 g/mol. The second kappa shape index (κ2) is 4.06.